The van der Waals surface area contributed by atoms with E-state index in [0.717, 1.165) is 4.90 Å². The highest BCUT2D eigenvalue weighted by Crippen LogP contribution is 2.17. The van der Waals surface area contributed by atoms with Crippen LogP contribution in [0.15, 0.2) is 73.7 Å². The molecule has 0 bridgehead atoms. The molecule has 1 aromatic carbocycles. The highest BCUT2D eigenvalue weighted by molar-refractivity contribution is 8.00. The van der Waals surface area contributed by atoms with Crippen LogP contribution in [0.5, 0.6) is 0 Å². The molecule has 0 aliphatic carbocycles. The van der Waals surface area contributed by atoms with Gasteiger partial charge in [0.05, 0.1) is 18.6 Å². The summed E-state index contributed by atoms with van der Waals surface area (Å²) >= 11 is 1.36. The van der Waals surface area contributed by atoms with Crippen LogP contribution >= 0.6 is 11.8 Å². The quantitative estimate of drug-likeness (QED) is 0.657. The number of rotatable bonds is 6. The number of amides is 1. The number of aromatic nitrogens is 2. The molecule has 2 heterocycles. The molecular weight excluding hydrogens is 342 g/mol. The van der Waals surface area contributed by atoms with Gasteiger partial charge < -0.3 is 9.73 Å². The molecule has 2 aromatic heterocycles. The first kappa shape index (κ1) is 16.8. The molecule has 3 rings (SSSR count). The van der Waals surface area contributed by atoms with Gasteiger partial charge in [0.15, 0.2) is 0 Å². The van der Waals surface area contributed by atoms with Crippen molar-refractivity contribution in [2.45, 2.75) is 11.4 Å². The maximum Gasteiger partial charge on any atom is 0.330 e. The van der Waals surface area contributed by atoms with E-state index in [1.54, 1.807) is 12.1 Å². The van der Waals surface area contributed by atoms with E-state index < -0.39 is 11.2 Å². The number of hydrogen-bond donors (Lipinski definition) is 2. The summed E-state index contributed by atoms with van der Waals surface area (Å²) in [5, 5.41) is 2.62. The number of carbonyl (C=O) groups excluding carboxylic acids is 1. The summed E-state index contributed by atoms with van der Waals surface area (Å²) in [5.74, 6) is 0.505. The lowest BCUT2D eigenvalue weighted by atomic mass is 10.4. The van der Waals surface area contributed by atoms with Crippen LogP contribution in [0, 0.1) is 0 Å². The summed E-state index contributed by atoms with van der Waals surface area (Å²) < 4.78 is 6.46. The van der Waals surface area contributed by atoms with Crippen LogP contribution in [-0.4, -0.2) is 21.2 Å². The molecule has 0 aliphatic heterocycles. The molecule has 128 valence electrons. The third kappa shape index (κ3) is 4.51. The molecule has 0 radical (unpaired) electrons. The van der Waals surface area contributed by atoms with Gasteiger partial charge in [-0.15, -0.1) is 11.8 Å². The summed E-state index contributed by atoms with van der Waals surface area (Å²) in [6, 6.07) is 14.0. The van der Waals surface area contributed by atoms with Crippen LogP contribution in [-0.2, 0) is 11.3 Å². The number of aromatic amines is 1. The molecule has 0 aliphatic rings. The van der Waals surface area contributed by atoms with Crippen molar-refractivity contribution in [3.8, 4) is 0 Å². The molecular formula is C17H15N3O4S. The number of anilines is 1. The average molecular weight is 357 g/mol. The minimum absolute atomic E-state index is 0.101. The lowest BCUT2D eigenvalue weighted by molar-refractivity contribution is -0.113. The van der Waals surface area contributed by atoms with E-state index in [1.807, 2.05) is 30.3 Å². The lowest BCUT2D eigenvalue weighted by Crippen LogP contribution is -2.33. The van der Waals surface area contributed by atoms with E-state index in [0.29, 0.717) is 5.76 Å². The zero-order chi connectivity index (χ0) is 17.6. The van der Waals surface area contributed by atoms with Gasteiger partial charge in [0.1, 0.15) is 11.6 Å². The fourth-order valence-corrected chi connectivity index (χ4v) is 2.90. The summed E-state index contributed by atoms with van der Waals surface area (Å²) in [6.45, 7) is 0.101. The predicted molar refractivity (Wildman–Crippen MR) is 94.9 cm³/mol. The van der Waals surface area contributed by atoms with Crippen molar-refractivity contribution in [2.75, 3.05) is 11.1 Å². The Balaban J connectivity index is 1.75. The van der Waals surface area contributed by atoms with Gasteiger partial charge in [0.2, 0.25) is 5.91 Å². The van der Waals surface area contributed by atoms with Crippen LogP contribution in [0.1, 0.15) is 5.76 Å². The molecule has 0 atom stereocenters. The first-order valence-corrected chi connectivity index (χ1v) is 8.44. The largest absolute Gasteiger partial charge is 0.467 e. The van der Waals surface area contributed by atoms with E-state index in [9.17, 15) is 14.4 Å². The van der Waals surface area contributed by atoms with Crippen molar-refractivity contribution < 1.29 is 9.21 Å². The van der Waals surface area contributed by atoms with E-state index >= 15 is 0 Å². The van der Waals surface area contributed by atoms with E-state index in [2.05, 4.69) is 10.3 Å². The van der Waals surface area contributed by atoms with Crippen molar-refractivity contribution in [1.82, 2.24) is 9.55 Å². The van der Waals surface area contributed by atoms with Crippen LogP contribution in [0.4, 0.5) is 5.82 Å². The molecule has 0 spiro atoms. The zero-order valence-corrected chi connectivity index (χ0v) is 13.9. The second kappa shape index (κ2) is 7.71. The Hall–Kier alpha value is -3.00. The first-order chi connectivity index (χ1) is 12.1. The molecule has 0 fully saturated rings. The number of H-pyrrole nitrogens is 1. The van der Waals surface area contributed by atoms with Crippen molar-refractivity contribution in [2.24, 2.45) is 0 Å². The second-order valence-electron chi connectivity index (χ2n) is 5.14. The highest BCUT2D eigenvalue weighted by atomic mass is 32.2. The Morgan fingerprint density at radius 1 is 1.16 bits per heavy atom. The van der Waals surface area contributed by atoms with E-state index in [-0.39, 0.29) is 24.0 Å². The van der Waals surface area contributed by atoms with E-state index in [4.69, 9.17) is 4.42 Å². The lowest BCUT2D eigenvalue weighted by Gasteiger charge is -2.11. The Kier molecular flexibility index (Phi) is 5.20. The van der Waals surface area contributed by atoms with Crippen LogP contribution in [0.25, 0.3) is 0 Å². The normalized spacial score (nSPS) is 10.6. The number of carbonyl (C=O) groups is 1. The molecule has 0 saturated heterocycles. The third-order valence-electron chi connectivity index (χ3n) is 3.31. The van der Waals surface area contributed by atoms with Crippen LogP contribution < -0.4 is 16.6 Å². The van der Waals surface area contributed by atoms with Crippen LogP contribution in [0.3, 0.4) is 0 Å². The van der Waals surface area contributed by atoms with Gasteiger partial charge in [-0.3, -0.25) is 19.1 Å². The molecule has 2 N–H and O–H groups in total. The van der Waals surface area contributed by atoms with Crippen molar-refractivity contribution in [3.63, 3.8) is 0 Å². The Morgan fingerprint density at radius 3 is 2.68 bits per heavy atom. The fraction of sp³-hybridized carbons (Fsp3) is 0.118. The first-order valence-electron chi connectivity index (χ1n) is 7.46. The predicted octanol–water partition coefficient (Wildman–Crippen LogP) is 1.91. The van der Waals surface area contributed by atoms with Gasteiger partial charge in [-0.25, -0.2) is 4.79 Å². The molecule has 0 saturated carbocycles. The number of nitrogens with one attached hydrogen (secondary N) is 2. The van der Waals surface area contributed by atoms with Crippen molar-refractivity contribution in [3.05, 3.63) is 81.4 Å². The summed E-state index contributed by atoms with van der Waals surface area (Å²) in [5.41, 5.74) is -1.19. The monoisotopic (exact) mass is 357 g/mol. The summed E-state index contributed by atoms with van der Waals surface area (Å²) in [4.78, 5) is 38.9. The molecule has 1 amide bonds. The highest BCUT2D eigenvalue weighted by Gasteiger charge is 2.11. The summed E-state index contributed by atoms with van der Waals surface area (Å²) in [6.07, 6.45) is 1.49. The minimum atomic E-state index is -0.616. The third-order valence-corrected chi connectivity index (χ3v) is 4.32. The van der Waals surface area contributed by atoms with Gasteiger partial charge in [0, 0.05) is 11.0 Å². The second-order valence-corrected chi connectivity index (χ2v) is 6.19. The maximum atomic E-state index is 12.2. The maximum absolute atomic E-state index is 12.2. The van der Waals surface area contributed by atoms with Crippen LogP contribution in [0.2, 0.25) is 0 Å². The Bertz CT molecular complexity index is 962. The van der Waals surface area contributed by atoms with Gasteiger partial charge >= 0.3 is 5.69 Å². The Morgan fingerprint density at radius 2 is 1.96 bits per heavy atom. The standard InChI is InChI=1S/C17H15N3O4S/c21-15-9-14(18-16(22)11-25-13-6-2-1-3-7-13)20(17(23)19-15)10-12-5-4-8-24-12/h1-9H,10-11H2,(H,18,22)(H,19,21,23). The number of nitrogens with zero attached hydrogens (tertiary/aromatic N) is 1. The average Bonchev–Trinajstić information content (AvgIpc) is 3.10. The molecule has 0 unspecified atom stereocenters. The zero-order valence-electron chi connectivity index (χ0n) is 13.1. The van der Waals surface area contributed by atoms with Crippen molar-refractivity contribution >= 4 is 23.5 Å². The molecule has 3 aromatic rings. The molecule has 7 nitrogen and oxygen atoms in total. The smallest absolute Gasteiger partial charge is 0.330 e. The number of hydrogen-bond acceptors (Lipinski definition) is 5. The van der Waals surface area contributed by atoms with Gasteiger partial charge in [-0.1, -0.05) is 18.2 Å². The molecule has 25 heavy (non-hydrogen) atoms. The van der Waals surface area contributed by atoms with Gasteiger partial charge in [0.25, 0.3) is 5.56 Å². The van der Waals surface area contributed by atoms with Crippen molar-refractivity contribution in [1.29, 1.82) is 0 Å². The Labute approximate surface area is 146 Å². The van der Waals surface area contributed by atoms with Gasteiger partial charge in [-0.2, -0.15) is 0 Å². The summed E-state index contributed by atoms with van der Waals surface area (Å²) in [7, 11) is 0. The minimum Gasteiger partial charge on any atom is -0.467 e. The number of furan rings is 1. The number of benzene rings is 1. The number of thioether (sulfide) groups is 1. The van der Waals surface area contributed by atoms with E-state index in [1.165, 1.54) is 28.7 Å². The van der Waals surface area contributed by atoms with Gasteiger partial charge in [-0.05, 0) is 24.3 Å². The topological polar surface area (TPSA) is 97.1 Å². The fourth-order valence-electron chi connectivity index (χ4n) is 2.18. The SMILES string of the molecule is O=C(CSc1ccccc1)Nc1cc(=O)[nH]c(=O)n1Cc1ccco1. The molecule has 8 heteroatoms.